The predicted molar refractivity (Wildman–Crippen MR) is 27.6 cm³/mol. The van der Waals surface area contributed by atoms with Crippen LogP contribution in [0.5, 0.6) is 0 Å². The highest BCUT2D eigenvalue weighted by molar-refractivity contribution is 9.18. The first kappa shape index (κ1) is 6.11. The Balaban J connectivity index is 3.26. The Morgan fingerprint density at radius 2 is 2.17 bits per heavy atom. The molecule has 0 saturated heterocycles. The second-order valence-corrected chi connectivity index (χ2v) is 1.87. The third-order valence-corrected chi connectivity index (χ3v) is 1.08. The van der Waals surface area contributed by atoms with Gasteiger partial charge in [-0.05, 0) is 22.9 Å². The molecule has 0 aliphatic heterocycles. The SMILES string of the molecule is CC(N)C(=O)Br. The molecule has 0 fully saturated rings. The monoisotopic (exact) mass is 151 g/mol. The molecule has 3 heteroatoms. The molecule has 0 bridgehead atoms. The van der Waals surface area contributed by atoms with Crippen LogP contribution in [0.25, 0.3) is 0 Å². The highest BCUT2D eigenvalue weighted by atomic mass is 79.9. The van der Waals surface area contributed by atoms with Gasteiger partial charge in [-0.25, -0.2) is 0 Å². The van der Waals surface area contributed by atoms with Gasteiger partial charge in [0.1, 0.15) is 0 Å². The van der Waals surface area contributed by atoms with E-state index in [1.165, 1.54) is 0 Å². The van der Waals surface area contributed by atoms with E-state index in [0.717, 1.165) is 0 Å². The first-order valence-electron chi connectivity index (χ1n) is 1.59. The zero-order valence-electron chi connectivity index (χ0n) is 3.44. The first-order valence-corrected chi connectivity index (χ1v) is 2.39. The Morgan fingerprint density at radius 3 is 2.17 bits per heavy atom. The van der Waals surface area contributed by atoms with Crippen molar-refractivity contribution in [1.29, 1.82) is 0 Å². The van der Waals surface area contributed by atoms with E-state index in [2.05, 4.69) is 15.9 Å². The molecule has 0 aromatic heterocycles. The minimum atomic E-state index is -0.370. The average Bonchev–Trinajstić information content (AvgIpc) is 1.36. The van der Waals surface area contributed by atoms with Crippen molar-refractivity contribution in [3.05, 3.63) is 0 Å². The lowest BCUT2D eigenvalue weighted by Gasteiger charge is -1.89. The Bertz CT molecular complexity index is 61.8. The van der Waals surface area contributed by atoms with Crippen LogP contribution in [0.1, 0.15) is 6.92 Å². The Hall–Kier alpha value is 0.110. The molecule has 0 saturated carbocycles. The smallest absolute Gasteiger partial charge is 0.214 e. The zero-order chi connectivity index (χ0) is 5.15. The molecular formula is C3H6BrNO. The molecule has 1 unspecified atom stereocenters. The van der Waals surface area contributed by atoms with Crippen LogP contribution in [0.15, 0.2) is 0 Å². The molecule has 0 aromatic rings. The third-order valence-electron chi connectivity index (χ3n) is 0.358. The second-order valence-electron chi connectivity index (χ2n) is 1.09. The summed E-state index contributed by atoms with van der Waals surface area (Å²) < 4.78 is -0.150. The molecule has 1 atom stereocenters. The number of nitrogens with two attached hydrogens (primary N) is 1. The average molecular weight is 152 g/mol. The van der Waals surface area contributed by atoms with Crippen LogP contribution in [0, 0.1) is 0 Å². The number of carbonyl (C=O) groups excluding carboxylic acids is 1. The van der Waals surface area contributed by atoms with Gasteiger partial charge in [0.2, 0.25) is 4.69 Å². The van der Waals surface area contributed by atoms with E-state index in [4.69, 9.17) is 5.73 Å². The molecular weight excluding hydrogens is 146 g/mol. The highest BCUT2D eigenvalue weighted by Crippen LogP contribution is 1.86. The summed E-state index contributed by atoms with van der Waals surface area (Å²) in [7, 11) is 0. The number of carbonyl (C=O) groups is 1. The van der Waals surface area contributed by atoms with E-state index in [1.54, 1.807) is 6.92 Å². The van der Waals surface area contributed by atoms with Gasteiger partial charge in [0.25, 0.3) is 0 Å². The molecule has 0 spiro atoms. The topological polar surface area (TPSA) is 43.1 Å². The van der Waals surface area contributed by atoms with Crippen LogP contribution in [-0.2, 0) is 4.79 Å². The van der Waals surface area contributed by atoms with E-state index in [-0.39, 0.29) is 10.7 Å². The van der Waals surface area contributed by atoms with Crippen molar-refractivity contribution in [3.8, 4) is 0 Å². The number of hydrogen-bond donors (Lipinski definition) is 1. The fourth-order valence-electron chi connectivity index (χ4n) is 0. The quantitative estimate of drug-likeness (QED) is 0.547. The number of halogens is 1. The summed E-state index contributed by atoms with van der Waals surface area (Å²) in [6.45, 7) is 1.62. The predicted octanol–water partition coefficient (Wildman–Crippen LogP) is 0.255. The summed E-state index contributed by atoms with van der Waals surface area (Å²) in [5, 5.41) is 0. The molecule has 0 aromatic carbocycles. The Labute approximate surface area is 44.8 Å². The van der Waals surface area contributed by atoms with Gasteiger partial charge in [0, 0.05) is 0 Å². The van der Waals surface area contributed by atoms with Crippen LogP contribution >= 0.6 is 15.9 Å². The minimum Gasteiger partial charge on any atom is -0.321 e. The maximum atomic E-state index is 9.94. The van der Waals surface area contributed by atoms with Gasteiger partial charge in [-0.1, -0.05) is 0 Å². The van der Waals surface area contributed by atoms with E-state index in [9.17, 15) is 4.79 Å². The number of hydrogen-bond acceptors (Lipinski definition) is 2. The van der Waals surface area contributed by atoms with Gasteiger partial charge < -0.3 is 5.73 Å². The summed E-state index contributed by atoms with van der Waals surface area (Å²) in [5.41, 5.74) is 5.04. The van der Waals surface area contributed by atoms with Crippen LogP contribution in [0.4, 0.5) is 0 Å². The van der Waals surface area contributed by atoms with E-state index in [1.807, 2.05) is 0 Å². The summed E-state index contributed by atoms with van der Waals surface area (Å²) in [5.74, 6) is 0. The fourth-order valence-corrected chi connectivity index (χ4v) is 0. The lowest BCUT2D eigenvalue weighted by molar-refractivity contribution is -0.111. The zero-order valence-corrected chi connectivity index (χ0v) is 5.03. The fraction of sp³-hybridized carbons (Fsp3) is 0.667. The summed E-state index contributed by atoms with van der Waals surface area (Å²) >= 11 is 2.67. The van der Waals surface area contributed by atoms with Crippen molar-refractivity contribution < 1.29 is 4.79 Å². The molecule has 0 amide bonds. The lowest BCUT2D eigenvalue weighted by atomic mass is 10.4. The lowest BCUT2D eigenvalue weighted by Crippen LogP contribution is -2.21. The molecule has 36 valence electrons. The summed E-state index contributed by atoms with van der Waals surface area (Å²) in [4.78, 5) is 9.94. The van der Waals surface area contributed by atoms with Crippen molar-refractivity contribution in [1.82, 2.24) is 0 Å². The van der Waals surface area contributed by atoms with E-state index < -0.39 is 0 Å². The van der Waals surface area contributed by atoms with Crippen LogP contribution in [-0.4, -0.2) is 10.7 Å². The summed E-state index contributed by atoms with van der Waals surface area (Å²) in [6.07, 6.45) is 0. The molecule has 0 rings (SSSR count). The first-order chi connectivity index (χ1) is 2.64. The van der Waals surface area contributed by atoms with Crippen LogP contribution < -0.4 is 5.73 Å². The van der Waals surface area contributed by atoms with Crippen molar-refractivity contribution in [3.63, 3.8) is 0 Å². The largest absolute Gasteiger partial charge is 0.321 e. The second kappa shape index (κ2) is 2.31. The molecule has 6 heavy (non-hydrogen) atoms. The van der Waals surface area contributed by atoms with E-state index >= 15 is 0 Å². The third kappa shape index (κ3) is 2.35. The van der Waals surface area contributed by atoms with Crippen molar-refractivity contribution in [2.45, 2.75) is 13.0 Å². The van der Waals surface area contributed by atoms with Crippen molar-refractivity contribution >= 4 is 20.6 Å². The number of rotatable bonds is 1. The van der Waals surface area contributed by atoms with E-state index in [0.29, 0.717) is 0 Å². The van der Waals surface area contributed by atoms with Crippen molar-refractivity contribution in [2.24, 2.45) is 5.73 Å². The normalized spacial score (nSPS) is 13.8. The highest BCUT2D eigenvalue weighted by Gasteiger charge is 1.97. The molecule has 2 N–H and O–H groups in total. The Kier molecular flexibility index (Phi) is 2.35. The summed E-state index contributed by atoms with van der Waals surface area (Å²) in [6, 6.07) is -0.370. The van der Waals surface area contributed by atoms with Gasteiger partial charge in [0.15, 0.2) is 0 Å². The van der Waals surface area contributed by atoms with Gasteiger partial charge >= 0.3 is 0 Å². The van der Waals surface area contributed by atoms with Crippen LogP contribution in [0.3, 0.4) is 0 Å². The maximum absolute atomic E-state index is 9.94. The molecule has 0 aliphatic rings. The molecule has 0 radical (unpaired) electrons. The minimum absolute atomic E-state index is 0.150. The van der Waals surface area contributed by atoms with Gasteiger partial charge in [-0.2, -0.15) is 0 Å². The molecule has 0 aliphatic carbocycles. The van der Waals surface area contributed by atoms with Gasteiger partial charge in [0.05, 0.1) is 6.04 Å². The van der Waals surface area contributed by atoms with Gasteiger partial charge in [-0.3, -0.25) is 4.79 Å². The molecule has 2 nitrogen and oxygen atoms in total. The van der Waals surface area contributed by atoms with Crippen molar-refractivity contribution in [2.75, 3.05) is 0 Å². The molecule has 0 heterocycles. The Morgan fingerprint density at radius 1 is 2.00 bits per heavy atom. The standard InChI is InChI=1S/C3H6BrNO/c1-2(5)3(4)6/h2H,5H2,1H3. The maximum Gasteiger partial charge on any atom is 0.214 e. The van der Waals surface area contributed by atoms with Gasteiger partial charge in [-0.15, -0.1) is 0 Å². The van der Waals surface area contributed by atoms with Crippen LogP contribution in [0.2, 0.25) is 0 Å².